The van der Waals surface area contributed by atoms with Gasteiger partial charge in [0.15, 0.2) is 5.43 Å². The number of aromatic amines is 1. The number of aromatic nitrogens is 1. The number of fused-ring (bicyclic) bond motifs is 1. The zero-order valence-electron chi connectivity index (χ0n) is 18.5. The van der Waals surface area contributed by atoms with Gasteiger partial charge in [0, 0.05) is 62.7 Å². The van der Waals surface area contributed by atoms with Crippen LogP contribution in [-0.2, 0) is 17.7 Å². The van der Waals surface area contributed by atoms with Crippen molar-refractivity contribution >= 4 is 6.09 Å². The quantitative estimate of drug-likeness (QED) is 0.776. The first-order valence-electron chi connectivity index (χ1n) is 10.7. The van der Waals surface area contributed by atoms with Gasteiger partial charge in [0.25, 0.3) is 0 Å². The molecule has 0 radical (unpaired) electrons. The molecule has 0 spiro atoms. The molecular formula is C24H33N3O3. The molecule has 1 amide bonds. The van der Waals surface area contributed by atoms with Crippen LogP contribution in [0, 0.1) is 0 Å². The predicted octanol–water partition coefficient (Wildman–Crippen LogP) is 4.12. The van der Waals surface area contributed by atoms with Gasteiger partial charge in [0.2, 0.25) is 0 Å². The van der Waals surface area contributed by atoms with E-state index in [1.165, 1.54) is 5.56 Å². The van der Waals surface area contributed by atoms with Gasteiger partial charge in [-0.25, -0.2) is 4.79 Å². The highest BCUT2D eigenvalue weighted by atomic mass is 16.6. The molecule has 6 nitrogen and oxygen atoms in total. The lowest BCUT2D eigenvalue weighted by Crippen LogP contribution is -2.39. The number of carbonyl (C=O) groups is 1. The van der Waals surface area contributed by atoms with Gasteiger partial charge in [-0.05, 0) is 39.2 Å². The summed E-state index contributed by atoms with van der Waals surface area (Å²) in [6.07, 6.45) is 3.86. The molecular weight excluding hydrogens is 378 g/mol. The smallest absolute Gasteiger partial charge is 0.410 e. The molecule has 0 saturated heterocycles. The first-order valence-corrected chi connectivity index (χ1v) is 10.7. The van der Waals surface area contributed by atoms with E-state index in [0.29, 0.717) is 6.54 Å². The third kappa shape index (κ3) is 5.72. The fraction of sp³-hybridized carbons (Fsp3) is 0.500. The average molecular weight is 412 g/mol. The number of pyridine rings is 1. The zero-order chi connectivity index (χ0) is 21.7. The van der Waals surface area contributed by atoms with Crippen molar-refractivity contribution in [2.24, 2.45) is 0 Å². The molecule has 162 valence electrons. The summed E-state index contributed by atoms with van der Waals surface area (Å²) in [5.74, 6) is 0. The molecule has 6 heteroatoms. The van der Waals surface area contributed by atoms with Gasteiger partial charge in [-0.3, -0.25) is 9.69 Å². The van der Waals surface area contributed by atoms with Crippen LogP contribution in [0.4, 0.5) is 4.79 Å². The van der Waals surface area contributed by atoms with Gasteiger partial charge >= 0.3 is 6.09 Å². The molecule has 1 N–H and O–H groups in total. The van der Waals surface area contributed by atoms with Crippen LogP contribution >= 0.6 is 0 Å². The van der Waals surface area contributed by atoms with Crippen molar-refractivity contribution in [3.8, 4) is 0 Å². The number of carbonyl (C=O) groups excluding carboxylic acids is 1. The minimum atomic E-state index is -0.507. The Labute approximate surface area is 178 Å². The van der Waals surface area contributed by atoms with E-state index in [1.807, 2.05) is 39.0 Å². The minimum absolute atomic E-state index is 0.0333. The zero-order valence-corrected chi connectivity index (χ0v) is 18.5. The van der Waals surface area contributed by atoms with Crippen LogP contribution in [0.25, 0.3) is 0 Å². The van der Waals surface area contributed by atoms with E-state index in [1.54, 1.807) is 24.2 Å². The highest BCUT2D eigenvalue weighted by Crippen LogP contribution is 2.31. The van der Waals surface area contributed by atoms with Gasteiger partial charge in [0.05, 0.1) is 0 Å². The number of nitrogens with zero attached hydrogens (tertiary/aromatic N) is 2. The second-order valence-corrected chi connectivity index (χ2v) is 9.00. The van der Waals surface area contributed by atoms with E-state index in [-0.39, 0.29) is 17.6 Å². The summed E-state index contributed by atoms with van der Waals surface area (Å²) in [6, 6.07) is 12.0. The van der Waals surface area contributed by atoms with E-state index < -0.39 is 5.60 Å². The number of rotatable bonds is 6. The maximum atomic E-state index is 12.7. The van der Waals surface area contributed by atoms with Crippen LogP contribution in [-0.4, -0.2) is 46.6 Å². The van der Waals surface area contributed by atoms with Gasteiger partial charge in [0.1, 0.15) is 5.60 Å². The van der Waals surface area contributed by atoms with Crippen LogP contribution < -0.4 is 5.43 Å². The maximum Gasteiger partial charge on any atom is 0.410 e. The Bertz CT molecular complexity index is 902. The van der Waals surface area contributed by atoms with Crippen molar-refractivity contribution in [1.29, 1.82) is 0 Å². The van der Waals surface area contributed by atoms with Gasteiger partial charge < -0.3 is 14.6 Å². The number of H-pyrrole nitrogens is 1. The molecule has 1 atom stereocenters. The highest BCUT2D eigenvalue weighted by molar-refractivity contribution is 5.67. The molecule has 0 bridgehead atoms. The van der Waals surface area contributed by atoms with Gasteiger partial charge in [-0.15, -0.1) is 0 Å². The monoisotopic (exact) mass is 411 g/mol. The fourth-order valence-corrected chi connectivity index (χ4v) is 3.99. The Morgan fingerprint density at radius 1 is 1.23 bits per heavy atom. The molecule has 0 fully saturated rings. The summed E-state index contributed by atoms with van der Waals surface area (Å²) in [7, 11) is 1.76. The molecule has 0 saturated carbocycles. The summed E-state index contributed by atoms with van der Waals surface area (Å²) >= 11 is 0. The lowest BCUT2D eigenvalue weighted by Gasteiger charge is -2.37. The second kappa shape index (κ2) is 9.47. The lowest BCUT2D eigenvalue weighted by molar-refractivity contribution is 0.0291. The summed E-state index contributed by atoms with van der Waals surface area (Å²) in [5, 5.41) is 0. The minimum Gasteiger partial charge on any atom is -0.444 e. The largest absolute Gasteiger partial charge is 0.444 e. The summed E-state index contributed by atoms with van der Waals surface area (Å²) in [5.41, 5.74) is 2.74. The Morgan fingerprint density at radius 3 is 2.67 bits per heavy atom. The molecule has 1 aliphatic heterocycles. The van der Waals surface area contributed by atoms with Crippen molar-refractivity contribution in [2.45, 2.75) is 58.2 Å². The molecule has 0 aliphatic carbocycles. The molecule has 2 heterocycles. The van der Waals surface area contributed by atoms with E-state index in [4.69, 9.17) is 4.74 Å². The van der Waals surface area contributed by atoms with Crippen molar-refractivity contribution in [3.63, 3.8) is 0 Å². The van der Waals surface area contributed by atoms with Crippen molar-refractivity contribution < 1.29 is 9.53 Å². The summed E-state index contributed by atoms with van der Waals surface area (Å²) in [4.78, 5) is 32.2. The van der Waals surface area contributed by atoms with Crippen molar-refractivity contribution in [3.05, 3.63) is 69.6 Å². The molecule has 3 rings (SSSR count). The molecule has 30 heavy (non-hydrogen) atoms. The third-order valence-corrected chi connectivity index (χ3v) is 5.41. The molecule has 1 aromatic carbocycles. The number of benzene rings is 1. The van der Waals surface area contributed by atoms with Gasteiger partial charge in [-0.2, -0.15) is 0 Å². The van der Waals surface area contributed by atoms with Crippen LogP contribution in [0.3, 0.4) is 0 Å². The molecule has 1 unspecified atom stereocenters. The Balaban J connectivity index is 1.71. The fourth-order valence-electron chi connectivity index (χ4n) is 3.99. The lowest BCUT2D eigenvalue weighted by atomic mass is 9.92. The molecule has 1 aliphatic rings. The average Bonchev–Trinajstić information content (AvgIpc) is 2.69. The number of ether oxygens (including phenoxy) is 1. The first-order chi connectivity index (χ1) is 14.2. The topological polar surface area (TPSA) is 65.6 Å². The van der Waals surface area contributed by atoms with E-state index in [9.17, 15) is 9.59 Å². The summed E-state index contributed by atoms with van der Waals surface area (Å²) in [6.45, 7) is 7.89. The number of amides is 1. The molecule has 2 aromatic rings. The second-order valence-electron chi connectivity index (χ2n) is 9.00. The van der Waals surface area contributed by atoms with E-state index >= 15 is 0 Å². The van der Waals surface area contributed by atoms with Gasteiger partial charge in [-0.1, -0.05) is 30.3 Å². The Kier molecular flexibility index (Phi) is 6.98. The normalized spacial score (nSPS) is 16.7. The van der Waals surface area contributed by atoms with E-state index in [2.05, 4.69) is 22.0 Å². The Hall–Kier alpha value is -2.60. The maximum absolute atomic E-state index is 12.7. The number of hydrogen-bond acceptors (Lipinski definition) is 4. The van der Waals surface area contributed by atoms with Crippen molar-refractivity contribution in [1.82, 2.24) is 14.8 Å². The standard InChI is InChI=1S/C24H33N3O3/c1-24(2,3)30-23(29)26(4)15-8-11-20-22-19(25-14-12-21(22)28)13-16-27(20)17-18-9-6-5-7-10-18/h5-7,9-10,12,14,20H,8,11,13,15-17H2,1-4H3,(H,25,28). The first kappa shape index (κ1) is 22.1. The predicted molar refractivity (Wildman–Crippen MR) is 118 cm³/mol. The Morgan fingerprint density at radius 2 is 1.97 bits per heavy atom. The third-order valence-electron chi connectivity index (χ3n) is 5.41. The number of nitrogens with one attached hydrogen (secondary N) is 1. The highest BCUT2D eigenvalue weighted by Gasteiger charge is 2.30. The van der Waals surface area contributed by atoms with Crippen LogP contribution in [0.2, 0.25) is 0 Å². The van der Waals surface area contributed by atoms with Crippen molar-refractivity contribution in [2.75, 3.05) is 20.1 Å². The van der Waals surface area contributed by atoms with Crippen LogP contribution in [0.5, 0.6) is 0 Å². The summed E-state index contributed by atoms with van der Waals surface area (Å²) < 4.78 is 5.44. The molecule has 1 aromatic heterocycles. The van der Waals surface area contributed by atoms with Crippen LogP contribution in [0.1, 0.15) is 56.5 Å². The number of hydrogen-bond donors (Lipinski definition) is 1. The SMILES string of the molecule is CN(CCCC1c2c([nH]ccc2=O)CCN1Cc1ccccc1)C(=O)OC(C)(C)C. The van der Waals surface area contributed by atoms with E-state index in [0.717, 1.165) is 43.6 Å². The van der Waals surface area contributed by atoms with Crippen LogP contribution in [0.15, 0.2) is 47.4 Å².